The fraction of sp³-hybridized carbons (Fsp3) is 0.900. The number of ether oxygens (including phenoxy) is 1. The Bertz CT molecular complexity index is 171. The molecule has 0 aliphatic rings. The molecule has 0 aliphatic heterocycles. The van der Waals surface area contributed by atoms with Crippen LogP contribution in [0, 0.1) is 5.92 Å². The lowest BCUT2D eigenvalue weighted by Crippen LogP contribution is -2.44. The lowest BCUT2D eigenvalue weighted by molar-refractivity contribution is -0.139. The molecule has 0 fully saturated rings. The molecule has 4 heteroatoms. The molecule has 1 unspecified atom stereocenters. The molecule has 0 saturated heterocycles. The van der Waals surface area contributed by atoms with Gasteiger partial charge < -0.3 is 9.84 Å². The molecule has 0 rings (SSSR count). The third-order valence-electron chi connectivity index (χ3n) is 2.32. The third kappa shape index (κ3) is 4.58. The monoisotopic (exact) mass is 203 g/mol. The number of carbonyl (C=O) groups is 1. The highest BCUT2D eigenvalue weighted by molar-refractivity contribution is 5.69. The van der Waals surface area contributed by atoms with E-state index in [0.29, 0.717) is 12.5 Å². The molecule has 0 aromatic heterocycles. The van der Waals surface area contributed by atoms with Crippen LogP contribution in [0.5, 0.6) is 0 Å². The van der Waals surface area contributed by atoms with Crippen molar-refractivity contribution in [2.24, 2.45) is 5.92 Å². The Morgan fingerprint density at radius 1 is 1.50 bits per heavy atom. The third-order valence-corrected chi connectivity index (χ3v) is 2.32. The molecule has 14 heavy (non-hydrogen) atoms. The molecule has 0 saturated carbocycles. The van der Waals surface area contributed by atoms with Gasteiger partial charge in [-0.2, -0.15) is 0 Å². The number of hydrogen-bond donors (Lipinski definition) is 1. The quantitative estimate of drug-likeness (QED) is 0.672. The van der Waals surface area contributed by atoms with Crippen LogP contribution in [0.1, 0.15) is 20.8 Å². The molecule has 1 N–H and O–H groups in total. The fourth-order valence-corrected chi connectivity index (χ4v) is 1.53. The van der Waals surface area contributed by atoms with E-state index in [4.69, 9.17) is 9.84 Å². The van der Waals surface area contributed by atoms with E-state index in [1.165, 1.54) is 0 Å². The van der Waals surface area contributed by atoms with Crippen LogP contribution in [0.25, 0.3) is 0 Å². The standard InChI is InChI=1S/C10H21NO3/c1-5-11(6-10(12)13)9(7-14-4)8(2)3/h8-9H,5-7H2,1-4H3,(H,12,13). The second-order valence-corrected chi connectivity index (χ2v) is 3.72. The molecule has 0 aromatic rings. The number of hydrogen-bond acceptors (Lipinski definition) is 3. The summed E-state index contributed by atoms with van der Waals surface area (Å²) in [5.41, 5.74) is 0. The number of likely N-dealkylation sites (N-methyl/N-ethyl adjacent to an activating group) is 1. The van der Waals surface area contributed by atoms with E-state index in [9.17, 15) is 4.79 Å². The number of carboxylic acid groups (broad SMARTS) is 1. The van der Waals surface area contributed by atoms with Gasteiger partial charge in [0.1, 0.15) is 0 Å². The molecule has 0 heterocycles. The van der Waals surface area contributed by atoms with Gasteiger partial charge in [-0.15, -0.1) is 0 Å². The van der Waals surface area contributed by atoms with Crippen molar-refractivity contribution >= 4 is 5.97 Å². The van der Waals surface area contributed by atoms with Crippen molar-refractivity contribution in [1.29, 1.82) is 0 Å². The van der Waals surface area contributed by atoms with Crippen LogP contribution in [0.4, 0.5) is 0 Å². The first kappa shape index (κ1) is 13.4. The van der Waals surface area contributed by atoms with E-state index in [1.54, 1.807) is 7.11 Å². The molecular formula is C10H21NO3. The van der Waals surface area contributed by atoms with Crippen LogP contribution in [-0.2, 0) is 9.53 Å². The minimum atomic E-state index is -0.784. The van der Waals surface area contributed by atoms with E-state index in [1.807, 2.05) is 11.8 Å². The van der Waals surface area contributed by atoms with Crippen LogP contribution in [0.15, 0.2) is 0 Å². The molecule has 0 bridgehead atoms. The molecule has 1 atom stereocenters. The van der Waals surface area contributed by atoms with Gasteiger partial charge in [0.2, 0.25) is 0 Å². The van der Waals surface area contributed by atoms with Gasteiger partial charge in [0, 0.05) is 13.2 Å². The van der Waals surface area contributed by atoms with Crippen LogP contribution >= 0.6 is 0 Å². The maximum absolute atomic E-state index is 10.6. The molecule has 0 spiro atoms. The van der Waals surface area contributed by atoms with Crippen molar-refractivity contribution in [3.05, 3.63) is 0 Å². The fourth-order valence-electron chi connectivity index (χ4n) is 1.53. The lowest BCUT2D eigenvalue weighted by atomic mass is 10.0. The summed E-state index contributed by atoms with van der Waals surface area (Å²) >= 11 is 0. The molecule has 4 nitrogen and oxygen atoms in total. The van der Waals surface area contributed by atoms with Crippen molar-refractivity contribution in [2.45, 2.75) is 26.8 Å². The van der Waals surface area contributed by atoms with E-state index < -0.39 is 5.97 Å². The zero-order chi connectivity index (χ0) is 11.1. The first-order valence-electron chi connectivity index (χ1n) is 4.97. The summed E-state index contributed by atoms with van der Waals surface area (Å²) < 4.78 is 5.10. The maximum atomic E-state index is 10.6. The summed E-state index contributed by atoms with van der Waals surface area (Å²) in [5, 5.41) is 8.73. The van der Waals surface area contributed by atoms with Crippen molar-refractivity contribution < 1.29 is 14.6 Å². The van der Waals surface area contributed by atoms with Gasteiger partial charge in [0.25, 0.3) is 0 Å². The molecular weight excluding hydrogens is 182 g/mol. The summed E-state index contributed by atoms with van der Waals surface area (Å²) in [5.74, 6) is -0.386. The summed E-state index contributed by atoms with van der Waals surface area (Å²) in [6.07, 6.45) is 0. The zero-order valence-electron chi connectivity index (χ0n) is 9.49. The average molecular weight is 203 g/mol. The Kier molecular flexibility index (Phi) is 6.49. The molecule has 84 valence electrons. The Morgan fingerprint density at radius 3 is 2.36 bits per heavy atom. The van der Waals surface area contributed by atoms with Gasteiger partial charge in [-0.25, -0.2) is 0 Å². The normalized spacial score (nSPS) is 13.6. The largest absolute Gasteiger partial charge is 0.480 e. The Hall–Kier alpha value is -0.610. The number of methoxy groups -OCH3 is 1. The van der Waals surface area contributed by atoms with Crippen LogP contribution in [0.3, 0.4) is 0 Å². The Morgan fingerprint density at radius 2 is 2.07 bits per heavy atom. The van der Waals surface area contributed by atoms with Crippen molar-refractivity contribution in [3.8, 4) is 0 Å². The van der Waals surface area contributed by atoms with Gasteiger partial charge in [-0.05, 0) is 12.5 Å². The van der Waals surface area contributed by atoms with Crippen molar-refractivity contribution in [3.63, 3.8) is 0 Å². The van der Waals surface area contributed by atoms with Gasteiger partial charge in [0.05, 0.1) is 13.2 Å². The maximum Gasteiger partial charge on any atom is 0.317 e. The first-order valence-corrected chi connectivity index (χ1v) is 4.97. The summed E-state index contributed by atoms with van der Waals surface area (Å²) in [4.78, 5) is 12.5. The summed E-state index contributed by atoms with van der Waals surface area (Å²) in [6.45, 7) is 7.52. The molecule has 0 aliphatic carbocycles. The minimum Gasteiger partial charge on any atom is -0.480 e. The van der Waals surface area contributed by atoms with Gasteiger partial charge in [-0.3, -0.25) is 9.69 Å². The highest BCUT2D eigenvalue weighted by Gasteiger charge is 2.22. The molecule has 0 aromatic carbocycles. The smallest absolute Gasteiger partial charge is 0.317 e. The topological polar surface area (TPSA) is 49.8 Å². The number of carboxylic acids is 1. The zero-order valence-corrected chi connectivity index (χ0v) is 9.49. The average Bonchev–Trinajstić information content (AvgIpc) is 2.10. The van der Waals surface area contributed by atoms with E-state index in [-0.39, 0.29) is 12.6 Å². The van der Waals surface area contributed by atoms with Crippen molar-refractivity contribution in [2.75, 3.05) is 26.8 Å². The highest BCUT2D eigenvalue weighted by Crippen LogP contribution is 2.10. The van der Waals surface area contributed by atoms with Crippen LogP contribution in [-0.4, -0.2) is 48.8 Å². The van der Waals surface area contributed by atoms with E-state index in [2.05, 4.69) is 13.8 Å². The van der Waals surface area contributed by atoms with E-state index >= 15 is 0 Å². The Labute approximate surface area is 85.9 Å². The Balaban J connectivity index is 4.32. The molecule has 0 radical (unpaired) electrons. The van der Waals surface area contributed by atoms with Gasteiger partial charge in [0.15, 0.2) is 0 Å². The SMILES string of the molecule is CCN(CC(=O)O)C(COC)C(C)C. The predicted octanol–water partition coefficient (Wildman–Crippen LogP) is 1.06. The van der Waals surface area contributed by atoms with Crippen LogP contribution < -0.4 is 0 Å². The molecule has 0 amide bonds. The predicted molar refractivity (Wildman–Crippen MR) is 55.4 cm³/mol. The lowest BCUT2D eigenvalue weighted by Gasteiger charge is -2.31. The summed E-state index contributed by atoms with van der Waals surface area (Å²) in [6, 6.07) is 0.182. The van der Waals surface area contributed by atoms with Gasteiger partial charge >= 0.3 is 5.97 Å². The minimum absolute atomic E-state index is 0.0860. The number of aliphatic carboxylic acids is 1. The summed E-state index contributed by atoms with van der Waals surface area (Å²) in [7, 11) is 1.64. The number of rotatable bonds is 7. The van der Waals surface area contributed by atoms with Gasteiger partial charge in [-0.1, -0.05) is 20.8 Å². The van der Waals surface area contributed by atoms with Crippen LogP contribution in [0.2, 0.25) is 0 Å². The highest BCUT2D eigenvalue weighted by atomic mass is 16.5. The first-order chi connectivity index (χ1) is 6.52. The second kappa shape index (κ2) is 6.79. The number of nitrogens with zero attached hydrogens (tertiary/aromatic N) is 1. The van der Waals surface area contributed by atoms with E-state index in [0.717, 1.165) is 6.54 Å². The van der Waals surface area contributed by atoms with Crippen molar-refractivity contribution in [1.82, 2.24) is 4.90 Å². The second-order valence-electron chi connectivity index (χ2n) is 3.72.